The highest BCUT2D eigenvalue weighted by Crippen LogP contribution is 2.43. The maximum Gasteiger partial charge on any atom is 0.150 e. The highest BCUT2D eigenvalue weighted by atomic mass is 32.2. The molecule has 6 heteroatoms. The van der Waals surface area contributed by atoms with E-state index in [9.17, 15) is 9.18 Å². The zero-order valence-electron chi connectivity index (χ0n) is 18.5. The van der Waals surface area contributed by atoms with Crippen molar-refractivity contribution >= 4 is 43.7 Å². The van der Waals surface area contributed by atoms with E-state index in [0.29, 0.717) is 11.5 Å². The lowest BCUT2D eigenvalue weighted by Crippen LogP contribution is -2.30. The van der Waals surface area contributed by atoms with Crippen molar-refractivity contribution in [2.45, 2.75) is 18.8 Å². The molecule has 3 nitrogen and oxygen atoms in total. The van der Waals surface area contributed by atoms with Crippen molar-refractivity contribution in [2.24, 2.45) is 0 Å². The SMILES string of the molecule is CSN1CCCC(c2c(-c3ccc(C=O)cc3)c3c(P)cccc3n2-c2ccc(F)cc2)C1. The molecule has 2 atom stereocenters. The van der Waals surface area contributed by atoms with Gasteiger partial charge in [0.05, 0.1) is 5.52 Å². The second-order valence-electron chi connectivity index (χ2n) is 8.46. The van der Waals surface area contributed by atoms with E-state index in [2.05, 4.69) is 42.6 Å². The summed E-state index contributed by atoms with van der Waals surface area (Å²) in [6.07, 6.45) is 5.25. The quantitative estimate of drug-likeness (QED) is 0.195. The number of hydrogen-bond acceptors (Lipinski definition) is 3. The smallest absolute Gasteiger partial charge is 0.150 e. The molecule has 1 aliphatic rings. The number of piperidine rings is 1. The molecule has 0 aliphatic carbocycles. The number of carbonyl (C=O) groups is 1. The van der Waals surface area contributed by atoms with E-state index in [1.54, 1.807) is 11.9 Å². The Morgan fingerprint density at radius 1 is 1.06 bits per heavy atom. The summed E-state index contributed by atoms with van der Waals surface area (Å²) in [5, 5.41) is 2.31. The lowest BCUT2D eigenvalue weighted by atomic mass is 9.89. The molecule has 0 N–H and O–H groups in total. The van der Waals surface area contributed by atoms with Crippen LogP contribution in [-0.4, -0.2) is 34.5 Å². The fourth-order valence-corrected chi connectivity index (χ4v) is 6.04. The maximum absolute atomic E-state index is 13.8. The van der Waals surface area contributed by atoms with Crippen LogP contribution in [0.4, 0.5) is 4.39 Å². The van der Waals surface area contributed by atoms with Crippen LogP contribution in [0.15, 0.2) is 66.7 Å². The molecule has 0 spiro atoms. The van der Waals surface area contributed by atoms with Gasteiger partial charge in [-0.2, -0.15) is 0 Å². The summed E-state index contributed by atoms with van der Waals surface area (Å²) in [5.74, 6) is 0.0909. The van der Waals surface area contributed by atoms with Gasteiger partial charge < -0.3 is 4.57 Å². The topological polar surface area (TPSA) is 25.2 Å². The Kier molecular flexibility index (Phi) is 6.38. The highest BCUT2D eigenvalue weighted by molar-refractivity contribution is 7.96. The first-order chi connectivity index (χ1) is 16.1. The van der Waals surface area contributed by atoms with E-state index in [-0.39, 0.29) is 5.82 Å². The molecule has 0 radical (unpaired) electrons. The molecule has 1 aromatic heterocycles. The molecule has 5 rings (SSSR count). The van der Waals surface area contributed by atoms with Gasteiger partial charge in [-0.3, -0.25) is 9.10 Å². The Morgan fingerprint density at radius 2 is 1.82 bits per heavy atom. The maximum atomic E-state index is 13.8. The normalized spacial score (nSPS) is 16.9. The largest absolute Gasteiger partial charge is 0.313 e. The van der Waals surface area contributed by atoms with Gasteiger partial charge in [0.2, 0.25) is 0 Å². The molecule has 1 aliphatic heterocycles. The number of carbonyl (C=O) groups excluding carboxylic acids is 1. The minimum Gasteiger partial charge on any atom is -0.313 e. The molecule has 1 saturated heterocycles. The van der Waals surface area contributed by atoms with E-state index in [4.69, 9.17) is 0 Å². The first-order valence-corrected chi connectivity index (χ1v) is 12.9. The summed E-state index contributed by atoms with van der Waals surface area (Å²) < 4.78 is 18.6. The van der Waals surface area contributed by atoms with Crippen LogP contribution in [0.2, 0.25) is 0 Å². The fourth-order valence-electron chi connectivity index (χ4n) is 4.99. The number of aromatic nitrogens is 1. The summed E-state index contributed by atoms with van der Waals surface area (Å²) >= 11 is 1.80. The zero-order chi connectivity index (χ0) is 22.9. The van der Waals surface area contributed by atoms with Crippen LogP contribution in [0.25, 0.3) is 27.7 Å². The van der Waals surface area contributed by atoms with Crippen LogP contribution in [0, 0.1) is 5.82 Å². The van der Waals surface area contributed by atoms with Crippen molar-refractivity contribution in [2.75, 3.05) is 19.3 Å². The van der Waals surface area contributed by atoms with Gasteiger partial charge in [0.15, 0.2) is 0 Å². The molecule has 2 heterocycles. The van der Waals surface area contributed by atoms with Crippen LogP contribution in [-0.2, 0) is 0 Å². The summed E-state index contributed by atoms with van der Waals surface area (Å²) in [4.78, 5) is 11.3. The molecular weight excluding hydrogens is 450 g/mol. The third kappa shape index (κ3) is 4.14. The third-order valence-electron chi connectivity index (χ3n) is 6.51. The molecular formula is C27H26FN2OPS. The summed E-state index contributed by atoms with van der Waals surface area (Å²) in [6.45, 7) is 2.05. The zero-order valence-corrected chi connectivity index (χ0v) is 20.5. The lowest BCUT2D eigenvalue weighted by Gasteiger charge is -2.32. The van der Waals surface area contributed by atoms with Gasteiger partial charge in [-0.25, -0.2) is 4.39 Å². The summed E-state index contributed by atoms with van der Waals surface area (Å²) in [5.41, 5.74) is 6.29. The van der Waals surface area contributed by atoms with Gasteiger partial charge in [-0.1, -0.05) is 48.3 Å². The number of benzene rings is 3. The van der Waals surface area contributed by atoms with Crippen molar-refractivity contribution in [3.05, 3.63) is 83.8 Å². The molecule has 0 saturated carbocycles. The minimum absolute atomic E-state index is 0.237. The average Bonchev–Trinajstić information content (AvgIpc) is 3.21. The van der Waals surface area contributed by atoms with Crippen LogP contribution in [0.5, 0.6) is 0 Å². The predicted octanol–water partition coefficient (Wildman–Crippen LogP) is 6.21. The lowest BCUT2D eigenvalue weighted by molar-refractivity contribution is 0.112. The van der Waals surface area contributed by atoms with E-state index < -0.39 is 0 Å². The van der Waals surface area contributed by atoms with Crippen molar-refractivity contribution in [3.63, 3.8) is 0 Å². The van der Waals surface area contributed by atoms with Crippen LogP contribution in [0.1, 0.15) is 34.8 Å². The first-order valence-electron chi connectivity index (χ1n) is 11.1. The Labute approximate surface area is 200 Å². The van der Waals surface area contributed by atoms with Crippen molar-refractivity contribution in [1.29, 1.82) is 0 Å². The van der Waals surface area contributed by atoms with Gasteiger partial charge in [0.1, 0.15) is 12.1 Å². The molecule has 33 heavy (non-hydrogen) atoms. The molecule has 168 valence electrons. The van der Waals surface area contributed by atoms with Crippen molar-refractivity contribution < 1.29 is 9.18 Å². The highest BCUT2D eigenvalue weighted by Gasteiger charge is 2.30. The molecule has 2 unspecified atom stereocenters. The number of aldehydes is 1. The third-order valence-corrected chi connectivity index (χ3v) is 7.84. The molecule has 0 bridgehead atoms. The summed E-state index contributed by atoms with van der Waals surface area (Å²) in [7, 11) is 2.89. The number of hydrogen-bond donors (Lipinski definition) is 0. The van der Waals surface area contributed by atoms with Gasteiger partial charge in [-0.05, 0) is 60.3 Å². The standard InChI is InChI=1S/C27H26FN2OPS/c1-33-29-15-3-4-20(16-29)27-25(19-9-7-18(17-31)8-10-19)26-23(5-2-6-24(26)32)30(27)22-13-11-21(28)12-14-22/h2,5-14,17,20H,3-4,15-16,32H2,1H3. The summed E-state index contributed by atoms with van der Waals surface area (Å²) in [6, 6.07) is 21.0. The number of halogens is 1. The van der Waals surface area contributed by atoms with Gasteiger partial charge >= 0.3 is 0 Å². The van der Waals surface area contributed by atoms with Gasteiger partial charge in [0, 0.05) is 46.9 Å². The number of fused-ring (bicyclic) bond motifs is 1. The van der Waals surface area contributed by atoms with Gasteiger partial charge in [-0.15, -0.1) is 9.24 Å². The average molecular weight is 477 g/mol. The molecule has 3 aromatic carbocycles. The van der Waals surface area contributed by atoms with Crippen LogP contribution in [0.3, 0.4) is 0 Å². The van der Waals surface area contributed by atoms with Crippen molar-refractivity contribution in [1.82, 2.24) is 8.87 Å². The van der Waals surface area contributed by atoms with Crippen LogP contribution < -0.4 is 5.30 Å². The van der Waals surface area contributed by atoms with Gasteiger partial charge in [0.25, 0.3) is 0 Å². The van der Waals surface area contributed by atoms with Crippen molar-refractivity contribution in [3.8, 4) is 16.8 Å². The molecule has 0 amide bonds. The monoisotopic (exact) mass is 476 g/mol. The van der Waals surface area contributed by atoms with E-state index in [1.165, 1.54) is 28.8 Å². The number of rotatable bonds is 5. The first kappa shape index (κ1) is 22.3. The van der Waals surface area contributed by atoms with Crippen LogP contribution >= 0.6 is 21.2 Å². The fraction of sp³-hybridized carbons (Fsp3) is 0.222. The molecule has 4 aromatic rings. The van der Waals surface area contributed by atoms with E-state index in [1.807, 2.05) is 36.4 Å². The second-order valence-corrected chi connectivity index (χ2v) is 9.97. The molecule has 1 fully saturated rings. The van der Waals surface area contributed by atoms with E-state index >= 15 is 0 Å². The minimum atomic E-state index is -0.237. The number of nitrogens with zero attached hydrogens (tertiary/aromatic N) is 2. The Balaban J connectivity index is 1.84. The Bertz CT molecular complexity index is 1300. The second kappa shape index (κ2) is 9.42. The predicted molar refractivity (Wildman–Crippen MR) is 140 cm³/mol. The Hall–Kier alpha value is -2.46. The Morgan fingerprint density at radius 3 is 2.52 bits per heavy atom. The van der Waals surface area contributed by atoms with E-state index in [0.717, 1.165) is 54.3 Å².